The zero-order chi connectivity index (χ0) is 18.2. The first kappa shape index (κ1) is 21.1. The Balaban J connectivity index is 0.00000243. The standard InChI is InChI=1S/C19H23NO3S2.ClH/c1-19(2)16-11-14(21)9-8-13(16)10-17(18(19)20)24-12-25(22,23)15-6-4-3-5-7-15;/h3-9,11,17-18,21H,10,12,20H2,1-2H3;1H/t17-,18+;/m0./s1. The summed E-state index contributed by atoms with van der Waals surface area (Å²) < 4.78 is 25.1. The monoisotopic (exact) mass is 413 g/mol. The molecule has 0 radical (unpaired) electrons. The Morgan fingerprint density at radius 3 is 2.50 bits per heavy atom. The fourth-order valence-corrected chi connectivity index (χ4v) is 6.74. The second kappa shape index (κ2) is 7.80. The number of thioether (sulfide) groups is 1. The first-order valence-electron chi connectivity index (χ1n) is 8.19. The number of rotatable bonds is 4. The second-order valence-corrected chi connectivity index (χ2v) is 10.6. The van der Waals surface area contributed by atoms with Crippen LogP contribution in [0.5, 0.6) is 5.75 Å². The van der Waals surface area contributed by atoms with Gasteiger partial charge in [-0.3, -0.25) is 0 Å². The van der Waals surface area contributed by atoms with Gasteiger partial charge in [-0.25, -0.2) is 8.42 Å². The molecule has 0 bridgehead atoms. The van der Waals surface area contributed by atoms with Crippen LogP contribution in [0, 0.1) is 0 Å². The summed E-state index contributed by atoms with van der Waals surface area (Å²) >= 11 is 1.40. The highest BCUT2D eigenvalue weighted by atomic mass is 35.5. The number of nitrogens with two attached hydrogens (primary N) is 1. The normalized spacial score (nSPS) is 21.5. The molecule has 7 heteroatoms. The fraction of sp³-hybridized carbons (Fsp3) is 0.368. The van der Waals surface area contributed by atoms with Crippen molar-refractivity contribution in [3.05, 3.63) is 59.7 Å². The Hall–Kier alpha value is -1.21. The van der Waals surface area contributed by atoms with E-state index in [9.17, 15) is 13.5 Å². The minimum atomic E-state index is -3.34. The molecule has 142 valence electrons. The highest BCUT2D eigenvalue weighted by Gasteiger charge is 2.41. The summed E-state index contributed by atoms with van der Waals surface area (Å²) in [6.45, 7) is 4.10. The molecule has 2 aromatic carbocycles. The molecule has 0 spiro atoms. The molecule has 0 saturated heterocycles. The van der Waals surface area contributed by atoms with E-state index in [4.69, 9.17) is 5.73 Å². The predicted octanol–water partition coefficient (Wildman–Crippen LogP) is 3.51. The van der Waals surface area contributed by atoms with Crippen LogP contribution in [0.15, 0.2) is 53.4 Å². The number of fused-ring (bicyclic) bond motifs is 1. The summed E-state index contributed by atoms with van der Waals surface area (Å²) in [7, 11) is -3.34. The van der Waals surface area contributed by atoms with Crippen molar-refractivity contribution in [2.45, 2.75) is 41.9 Å². The minimum absolute atomic E-state index is 0. The lowest BCUT2D eigenvalue weighted by molar-refractivity contribution is 0.369. The molecule has 0 heterocycles. The van der Waals surface area contributed by atoms with Gasteiger partial charge in [-0.2, -0.15) is 0 Å². The van der Waals surface area contributed by atoms with E-state index < -0.39 is 9.84 Å². The number of aromatic hydroxyl groups is 1. The van der Waals surface area contributed by atoms with Crippen LogP contribution < -0.4 is 5.73 Å². The van der Waals surface area contributed by atoms with Gasteiger partial charge in [0.1, 0.15) is 10.8 Å². The number of benzene rings is 2. The van der Waals surface area contributed by atoms with E-state index in [-0.39, 0.29) is 39.9 Å². The second-order valence-electron chi connectivity index (χ2n) is 7.04. The van der Waals surface area contributed by atoms with Crippen LogP contribution >= 0.6 is 24.2 Å². The number of phenolic OH excluding ortho intramolecular Hbond substituents is 1. The minimum Gasteiger partial charge on any atom is -0.508 e. The number of hydrogen-bond donors (Lipinski definition) is 2. The van der Waals surface area contributed by atoms with Crippen molar-refractivity contribution >= 4 is 34.0 Å². The molecular weight excluding hydrogens is 390 g/mol. The van der Waals surface area contributed by atoms with Gasteiger partial charge in [-0.1, -0.05) is 38.1 Å². The summed E-state index contributed by atoms with van der Waals surface area (Å²) in [4.78, 5) is 0.344. The maximum Gasteiger partial charge on any atom is 0.187 e. The smallest absolute Gasteiger partial charge is 0.187 e. The Bertz CT molecular complexity index is 870. The van der Waals surface area contributed by atoms with E-state index in [0.29, 0.717) is 11.3 Å². The van der Waals surface area contributed by atoms with Gasteiger partial charge in [-0.15, -0.1) is 24.2 Å². The SMILES string of the molecule is CC1(C)c2cc(O)ccc2C[C@H](SCS(=O)(=O)c2ccccc2)[C@H]1N.Cl. The number of hydrogen-bond acceptors (Lipinski definition) is 5. The van der Waals surface area contributed by atoms with Gasteiger partial charge in [0.15, 0.2) is 9.84 Å². The van der Waals surface area contributed by atoms with Crippen LogP contribution in [-0.4, -0.2) is 29.9 Å². The van der Waals surface area contributed by atoms with Crippen molar-refractivity contribution in [1.29, 1.82) is 0 Å². The first-order valence-corrected chi connectivity index (χ1v) is 10.9. The Morgan fingerprint density at radius 2 is 1.85 bits per heavy atom. The molecule has 3 N–H and O–H groups in total. The average Bonchev–Trinajstić information content (AvgIpc) is 2.59. The van der Waals surface area contributed by atoms with Crippen molar-refractivity contribution in [1.82, 2.24) is 0 Å². The topological polar surface area (TPSA) is 80.4 Å². The fourth-order valence-electron chi connectivity index (χ4n) is 3.37. The lowest BCUT2D eigenvalue weighted by atomic mass is 9.69. The van der Waals surface area contributed by atoms with Gasteiger partial charge < -0.3 is 10.8 Å². The third-order valence-corrected chi connectivity index (χ3v) is 8.65. The van der Waals surface area contributed by atoms with E-state index in [1.807, 2.05) is 19.9 Å². The lowest BCUT2D eigenvalue weighted by Gasteiger charge is -2.43. The van der Waals surface area contributed by atoms with E-state index in [0.717, 1.165) is 11.1 Å². The van der Waals surface area contributed by atoms with Gasteiger partial charge >= 0.3 is 0 Å². The van der Waals surface area contributed by atoms with E-state index in [1.54, 1.807) is 42.5 Å². The number of phenols is 1. The maximum absolute atomic E-state index is 12.5. The molecular formula is C19H24ClNO3S2. The molecule has 2 aromatic rings. The highest BCUT2D eigenvalue weighted by molar-refractivity contribution is 8.12. The summed E-state index contributed by atoms with van der Waals surface area (Å²) in [6.07, 6.45) is 0.704. The van der Waals surface area contributed by atoms with Crippen LogP contribution in [0.3, 0.4) is 0 Å². The summed E-state index contributed by atoms with van der Waals surface area (Å²) in [5.74, 6) is 0.233. The van der Waals surface area contributed by atoms with Crippen LogP contribution in [0.25, 0.3) is 0 Å². The Kier molecular flexibility index (Phi) is 6.33. The van der Waals surface area contributed by atoms with Crippen molar-refractivity contribution in [2.24, 2.45) is 5.73 Å². The quantitative estimate of drug-likeness (QED) is 0.801. The van der Waals surface area contributed by atoms with Gasteiger partial charge in [0.05, 0.1) is 4.90 Å². The van der Waals surface area contributed by atoms with Crippen molar-refractivity contribution in [3.8, 4) is 5.75 Å². The molecule has 0 amide bonds. The number of sulfone groups is 1. The van der Waals surface area contributed by atoms with Crippen LogP contribution in [-0.2, 0) is 21.7 Å². The summed E-state index contributed by atoms with van der Waals surface area (Å²) in [5, 5.41) is 9.80. The molecule has 0 unspecified atom stereocenters. The Labute approximate surface area is 165 Å². The molecule has 0 saturated carbocycles. The molecule has 0 aliphatic heterocycles. The predicted molar refractivity (Wildman–Crippen MR) is 110 cm³/mol. The third kappa shape index (κ3) is 4.03. The average molecular weight is 414 g/mol. The third-order valence-electron chi connectivity index (χ3n) is 4.98. The van der Waals surface area contributed by atoms with Gasteiger partial charge in [-0.05, 0) is 41.8 Å². The number of halogens is 1. The van der Waals surface area contributed by atoms with Gasteiger partial charge in [0, 0.05) is 16.7 Å². The van der Waals surface area contributed by atoms with Crippen LogP contribution in [0.2, 0.25) is 0 Å². The largest absolute Gasteiger partial charge is 0.508 e. The molecule has 4 nitrogen and oxygen atoms in total. The summed E-state index contributed by atoms with van der Waals surface area (Å²) in [5.41, 5.74) is 8.33. The van der Waals surface area contributed by atoms with Crippen molar-refractivity contribution in [3.63, 3.8) is 0 Å². The molecule has 2 atom stereocenters. The maximum atomic E-state index is 12.5. The lowest BCUT2D eigenvalue weighted by Crippen LogP contribution is -2.52. The Morgan fingerprint density at radius 1 is 1.19 bits per heavy atom. The van der Waals surface area contributed by atoms with Gasteiger partial charge in [0.25, 0.3) is 0 Å². The molecule has 1 aliphatic rings. The molecule has 0 aromatic heterocycles. The van der Waals surface area contributed by atoms with E-state index in [2.05, 4.69) is 0 Å². The first-order chi connectivity index (χ1) is 11.7. The molecule has 3 rings (SSSR count). The van der Waals surface area contributed by atoms with Crippen molar-refractivity contribution in [2.75, 3.05) is 5.08 Å². The van der Waals surface area contributed by atoms with Crippen molar-refractivity contribution < 1.29 is 13.5 Å². The zero-order valence-corrected chi connectivity index (χ0v) is 17.2. The van der Waals surface area contributed by atoms with Crippen LogP contribution in [0.1, 0.15) is 25.0 Å². The highest BCUT2D eigenvalue weighted by Crippen LogP contribution is 2.42. The molecule has 1 aliphatic carbocycles. The molecule has 0 fully saturated rings. The molecule has 26 heavy (non-hydrogen) atoms. The summed E-state index contributed by atoms with van der Waals surface area (Å²) in [6, 6.07) is 13.7. The van der Waals surface area contributed by atoms with Gasteiger partial charge in [0.2, 0.25) is 0 Å². The van der Waals surface area contributed by atoms with E-state index in [1.165, 1.54) is 11.8 Å². The zero-order valence-electron chi connectivity index (χ0n) is 14.8. The van der Waals surface area contributed by atoms with Crippen LogP contribution in [0.4, 0.5) is 0 Å². The van der Waals surface area contributed by atoms with E-state index >= 15 is 0 Å².